The van der Waals surface area contributed by atoms with Gasteiger partial charge in [-0.05, 0) is 43.6 Å². The minimum atomic E-state index is 0.162. The normalized spacial score (nSPS) is 14.8. The summed E-state index contributed by atoms with van der Waals surface area (Å²) in [5.74, 6) is 0.409. The average Bonchev–Trinajstić information content (AvgIpc) is 3.17. The van der Waals surface area contributed by atoms with Gasteiger partial charge in [-0.15, -0.1) is 0 Å². The zero-order valence-electron chi connectivity index (χ0n) is 10.8. The van der Waals surface area contributed by atoms with Crippen LogP contribution in [0.2, 0.25) is 0 Å². The molecule has 6 heteroatoms. The summed E-state index contributed by atoms with van der Waals surface area (Å²) in [4.78, 5) is 19.1. The Hall–Kier alpha value is -1.69. The summed E-state index contributed by atoms with van der Waals surface area (Å²) in [5.41, 5.74) is 2.95. The summed E-state index contributed by atoms with van der Waals surface area (Å²) in [7, 11) is 0. The molecule has 2 heterocycles. The highest BCUT2D eigenvalue weighted by molar-refractivity contribution is 7.71. The number of H-pyrrole nitrogens is 1. The van der Waals surface area contributed by atoms with Crippen molar-refractivity contribution in [3.05, 3.63) is 22.6 Å². The van der Waals surface area contributed by atoms with E-state index in [9.17, 15) is 4.79 Å². The van der Waals surface area contributed by atoms with E-state index in [0.29, 0.717) is 17.9 Å². The summed E-state index contributed by atoms with van der Waals surface area (Å²) in [5, 5.41) is 2.94. The fourth-order valence-electron chi connectivity index (χ4n) is 2.16. The largest absolute Gasteiger partial charge is 0.354 e. The van der Waals surface area contributed by atoms with E-state index in [1.165, 1.54) is 0 Å². The molecule has 0 unspecified atom stereocenters. The molecule has 1 fully saturated rings. The van der Waals surface area contributed by atoms with Crippen LogP contribution in [0.3, 0.4) is 0 Å². The van der Waals surface area contributed by atoms with Gasteiger partial charge < -0.3 is 10.3 Å². The zero-order chi connectivity index (χ0) is 13.4. The molecule has 1 amide bonds. The van der Waals surface area contributed by atoms with Crippen molar-refractivity contribution in [3.8, 4) is 0 Å². The first-order valence-corrected chi connectivity index (χ1v) is 6.89. The number of hydrogen-bond acceptors (Lipinski definition) is 3. The third-order valence-electron chi connectivity index (χ3n) is 3.45. The van der Waals surface area contributed by atoms with Crippen LogP contribution in [0.15, 0.2) is 12.3 Å². The number of aromatic amines is 1. The van der Waals surface area contributed by atoms with Crippen molar-refractivity contribution in [3.63, 3.8) is 0 Å². The standard InChI is InChI=1S/C13H16N4OS/c1-8-4-5-14-11-10(8)16-13(19)17(11)7-6-15-12(18)9-2-3-9/h4-5,9H,2-3,6-7H2,1H3,(H,15,18)(H,16,19). The second kappa shape index (κ2) is 4.77. The third-order valence-corrected chi connectivity index (χ3v) is 3.78. The molecule has 0 aromatic carbocycles. The first-order chi connectivity index (χ1) is 9.16. The number of pyridine rings is 1. The van der Waals surface area contributed by atoms with Gasteiger partial charge >= 0.3 is 0 Å². The summed E-state index contributed by atoms with van der Waals surface area (Å²) >= 11 is 5.31. The molecule has 0 atom stereocenters. The lowest BCUT2D eigenvalue weighted by Crippen LogP contribution is -2.28. The molecule has 2 aromatic heterocycles. The highest BCUT2D eigenvalue weighted by atomic mass is 32.1. The fraction of sp³-hybridized carbons (Fsp3) is 0.462. The number of nitrogens with one attached hydrogen (secondary N) is 2. The third kappa shape index (κ3) is 2.40. The van der Waals surface area contributed by atoms with Crippen LogP contribution in [0.5, 0.6) is 0 Å². The number of aromatic nitrogens is 3. The number of aryl methyl sites for hydroxylation is 1. The maximum atomic E-state index is 11.6. The molecule has 3 rings (SSSR count). The predicted molar refractivity (Wildman–Crippen MR) is 75.4 cm³/mol. The Labute approximate surface area is 116 Å². The van der Waals surface area contributed by atoms with E-state index in [4.69, 9.17) is 12.2 Å². The number of amides is 1. The molecule has 2 N–H and O–H groups in total. The van der Waals surface area contributed by atoms with Crippen molar-refractivity contribution in [2.45, 2.75) is 26.3 Å². The Morgan fingerprint density at radius 1 is 1.63 bits per heavy atom. The highest BCUT2D eigenvalue weighted by Gasteiger charge is 2.29. The van der Waals surface area contributed by atoms with Crippen molar-refractivity contribution < 1.29 is 4.79 Å². The molecule has 100 valence electrons. The molecular formula is C13H16N4OS. The summed E-state index contributed by atoms with van der Waals surface area (Å²) < 4.78 is 2.59. The summed E-state index contributed by atoms with van der Waals surface area (Å²) in [6, 6.07) is 1.95. The van der Waals surface area contributed by atoms with E-state index in [-0.39, 0.29) is 11.8 Å². The van der Waals surface area contributed by atoms with E-state index in [2.05, 4.69) is 15.3 Å². The van der Waals surface area contributed by atoms with E-state index < -0.39 is 0 Å². The second-order valence-corrected chi connectivity index (χ2v) is 5.36. The maximum absolute atomic E-state index is 11.6. The van der Waals surface area contributed by atoms with Gasteiger partial charge in [0, 0.05) is 25.2 Å². The number of rotatable bonds is 4. The van der Waals surface area contributed by atoms with Gasteiger partial charge in [-0.25, -0.2) is 4.98 Å². The molecular weight excluding hydrogens is 260 g/mol. The Balaban J connectivity index is 1.76. The topological polar surface area (TPSA) is 62.7 Å². The molecule has 1 aliphatic rings. The number of imidazole rings is 1. The molecule has 0 aliphatic heterocycles. The minimum Gasteiger partial charge on any atom is -0.354 e. The minimum absolute atomic E-state index is 0.162. The van der Waals surface area contributed by atoms with Crippen molar-refractivity contribution in [1.29, 1.82) is 0 Å². The molecule has 0 spiro atoms. The van der Waals surface area contributed by atoms with Gasteiger partial charge in [0.05, 0.1) is 5.52 Å². The van der Waals surface area contributed by atoms with E-state index in [0.717, 1.165) is 29.6 Å². The first kappa shape index (κ1) is 12.3. The smallest absolute Gasteiger partial charge is 0.223 e. The van der Waals surface area contributed by atoms with Gasteiger partial charge in [-0.3, -0.25) is 9.36 Å². The van der Waals surface area contributed by atoms with Crippen LogP contribution in [-0.4, -0.2) is 27.0 Å². The molecule has 1 aliphatic carbocycles. The van der Waals surface area contributed by atoms with Crippen LogP contribution in [0.4, 0.5) is 0 Å². The van der Waals surface area contributed by atoms with Crippen LogP contribution in [0, 0.1) is 17.6 Å². The van der Waals surface area contributed by atoms with Crippen LogP contribution in [-0.2, 0) is 11.3 Å². The van der Waals surface area contributed by atoms with E-state index in [1.54, 1.807) is 6.20 Å². The highest BCUT2D eigenvalue weighted by Crippen LogP contribution is 2.28. The van der Waals surface area contributed by atoms with Gasteiger partial charge in [-0.2, -0.15) is 0 Å². The van der Waals surface area contributed by atoms with Crippen molar-refractivity contribution in [1.82, 2.24) is 19.9 Å². The molecule has 0 bridgehead atoms. The lowest BCUT2D eigenvalue weighted by atomic mass is 10.3. The van der Waals surface area contributed by atoms with Gasteiger partial charge in [0.15, 0.2) is 10.4 Å². The van der Waals surface area contributed by atoms with E-state index >= 15 is 0 Å². The zero-order valence-corrected chi connectivity index (χ0v) is 11.6. The Morgan fingerprint density at radius 3 is 3.16 bits per heavy atom. The van der Waals surface area contributed by atoms with Gasteiger partial charge in [-0.1, -0.05) is 0 Å². The SMILES string of the molecule is Cc1ccnc2c1[nH]c(=S)n2CCNC(=O)C1CC1. The predicted octanol–water partition coefficient (Wildman–Crippen LogP) is 1.93. The Morgan fingerprint density at radius 2 is 2.42 bits per heavy atom. The van der Waals surface area contributed by atoms with Crippen molar-refractivity contribution in [2.24, 2.45) is 5.92 Å². The molecule has 2 aromatic rings. The number of nitrogens with zero attached hydrogens (tertiary/aromatic N) is 2. The molecule has 0 saturated heterocycles. The Kier molecular flexibility index (Phi) is 3.10. The summed E-state index contributed by atoms with van der Waals surface area (Å²) in [6.07, 6.45) is 3.83. The number of fused-ring (bicyclic) bond motifs is 1. The molecule has 1 saturated carbocycles. The van der Waals surface area contributed by atoms with Gasteiger partial charge in [0.1, 0.15) is 0 Å². The first-order valence-electron chi connectivity index (χ1n) is 6.48. The quantitative estimate of drug-likeness (QED) is 0.839. The lowest BCUT2D eigenvalue weighted by Gasteiger charge is -2.06. The van der Waals surface area contributed by atoms with Crippen LogP contribution in [0.1, 0.15) is 18.4 Å². The van der Waals surface area contributed by atoms with Crippen LogP contribution >= 0.6 is 12.2 Å². The fourth-order valence-corrected chi connectivity index (χ4v) is 2.44. The Bertz CT molecular complexity index is 683. The molecule has 5 nitrogen and oxygen atoms in total. The van der Waals surface area contributed by atoms with E-state index in [1.807, 2.05) is 17.6 Å². The van der Waals surface area contributed by atoms with Crippen molar-refractivity contribution >= 4 is 29.3 Å². The van der Waals surface area contributed by atoms with Crippen LogP contribution < -0.4 is 5.32 Å². The average molecular weight is 276 g/mol. The number of carbonyl (C=O) groups is 1. The van der Waals surface area contributed by atoms with Crippen molar-refractivity contribution in [2.75, 3.05) is 6.54 Å². The molecule has 0 radical (unpaired) electrons. The number of carbonyl (C=O) groups excluding carboxylic acids is 1. The van der Waals surface area contributed by atoms with Gasteiger partial charge in [0.2, 0.25) is 5.91 Å². The lowest BCUT2D eigenvalue weighted by molar-refractivity contribution is -0.122. The number of hydrogen-bond donors (Lipinski definition) is 2. The van der Waals surface area contributed by atoms with Gasteiger partial charge in [0.25, 0.3) is 0 Å². The second-order valence-electron chi connectivity index (χ2n) is 4.97. The monoisotopic (exact) mass is 276 g/mol. The molecule has 19 heavy (non-hydrogen) atoms. The summed E-state index contributed by atoms with van der Waals surface area (Å²) in [6.45, 7) is 3.26. The maximum Gasteiger partial charge on any atom is 0.223 e. The van der Waals surface area contributed by atoms with Crippen LogP contribution in [0.25, 0.3) is 11.2 Å².